The molecule has 0 radical (unpaired) electrons. The summed E-state index contributed by atoms with van der Waals surface area (Å²) < 4.78 is 11.9. The standard InChI is InChI=1S/C16H26BrNO2/c1-7-20-15-13(17)8-12(9-14(15)19-6)10-18-11(2)16(3,4)5/h8-9,11,18H,7,10H2,1-6H3. The summed E-state index contributed by atoms with van der Waals surface area (Å²) in [6.45, 7) is 12.3. The molecule has 20 heavy (non-hydrogen) atoms. The number of methoxy groups -OCH3 is 1. The van der Waals surface area contributed by atoms with Crippen molar-refractivity contribution in [1.29, 1.82) is 0 Å². The highest BCUT2D eigenvalue weighted by Crippen LogP contribution is 2.36. The molecular formula is C16H26BrNO2. The van der Waals surface area contributed by atoms with E-state index >= 15 is 0 Å². The van der Waals surface area contributed by atoms with Crippen molar-refractivity contribution in [2.75, 3.05) is 13.7 Å². The second kappa shape index (κ2) is 7.32. The Morgan fingerprint density at radius 2 is 1.95 bits per heavy atom. The van der Waals surface area contributed by atoms with E-state index in [2.05, 4.69) is 55.0 Å². The van der Waals surface area contributed by atoms with Crippen LogP contribution in [0.2, 0.25) is 0 Å². The zero-order valence-corrected chi connectivity index (χ0v) is 14.9. The normalized spacial score (nSPS) is 13.2. The van der Waals surface area contributed by atoms with Gasteiger partial charge < -0.3 is 14.8 Å². The van der Waals surface area contributed by atoms with E-state index in [1.807, 2.05) is 13.0 Å². The van der Waals surface area contributed by atoms with Gasteiger partial charge in [-0.1, -0.05) is 20.8 Å². The molecule has 1 aromatic rings. The predicted octanol–water partition coefficient (Wildman–Crippen LogP) is 4.38. The van der Waals surface area contributed by atoms with Crippen LogP contribution in [0, 0.1) is 5.41 Å². The molecule has 1 unspecified atom stereocenters. The third kappa shape index (κ3) is 4.67. The number of nitrogens with one attached hydrogen (secondary N) is 1. The van der Waals surface area contributed by atoms with Gasteiger partial charge >= 0.3 is 0 Å². The average Bonchev–Trinajstić information content (AvgIpc) is 2.37. The minimum absolute atomic E-state index is 0.243. The molecule has 0 aliphatic heterocycles. The van der Waals surface area contributed by atoms with E-state index < -0.39 is 0 Å². The lowest BCUT2D eigenvalue weighted by atomic mass is 9.88. The fourth-order valence-corrected chi connectivity index (χ4v) is 2.34. The van der Waals surface area contributed by atoms with Gasteiger partial charge in [-0.15, -0.1) is 0 Å². The molecule has 0 fully saturated rings. The van der Waals surface area contributed by atoms with Gasteiger partial charge in [0.15, 0.2) is 11.5 Å². The van der Waals surface area contributed by atoms with Crippen LogP contribution in [0.5, 0.6) is 11.5 Å². The predicted molar refractivity (Wildman–Crippen MR) is 87.6 cm³/mol. The van der Waals surface area contributed by atoms with Crippen LogP contribution in [0.3, 0.4) is 0 Å². The van der Waals surface area contributed by atoms with Gasteiger partial charge in [0.2, 0.25) is 0 Å². The highest BCUT2D eigenvalue weighted by molar-refractivity contribution is 9.10. The zero-order chi connectivity index (χ0) is 15.3. The van der Waals surface area contributed by atoms with E-state index in [1.165, 1.54) is 5.56 Å². The molecule has 0 aliphatic rings. The summed E-state index contributed by atoms with van der Waals surface area (Å²) in [6.07, 6.45) is 0. The van der Waals surface area contributed by atoms with Crippen molar-refractivity contribution >= 4 is 15.9 Å². The van der Waals surface area contributed by atoms with Crippen molar-refractivity contribution in [1.82, 2.24) is 5.32 Å². The van der Waals surface area contributed by atoms with Crippen LogP contribution in [-0.2, 0) is 6.54 Å². The first-order valence-corrected chi connectivity index (χ1v) is 7.81. The lowest BCUT2D eigenvalue weighted by Crippen LogP contribution is -2.37. The molecule has 1 aromatic carbocycles. The summed E-state index contributed by atoms with van der Waals surface area (Å²) in [7, 11) is 1.67. The molecule has 0 heterocycles. The third-order valence-electron chi connectivity index (χ3n) is 3.49. The summed E-state index contributed by atoms with van der Waals surface area (Å²) in [4.78, 5) is 0. The molecule has 1 rings (SSSR count). The number of benzene rings is 1. The van der Waals surface area contributed by atoms with E-state index in [0.717, 1.165) is 22.5 Å². The largest absolute Gasteiger partial charge is 0.493 e. The fourth-order valence-electron chi connectivity index (χ4n) is 1.74. The quantitative estimate of drug-likeness (QED) is 0.831. The Morgan fingerprint density at radius 3 is 2.45 bits per heavy atom. The van der Waals surface area contributed by atoms with Crippen LogP contribution in [-0.4, -0.2) is 19.8 Å². The number of ether oxygens (including phenoxy) is 2. The monoisotopic (exact) mass is 343 g/mol. The van der Waals surface area contributed by atoms with E-state index in [1.54, 1.807) is 7.11 Å². The second-order valence-electron chi connectivity index (χ2n) is 6.01. The lowest BCUT2D eigenvalue weighted by molar-refractivity contribution is 0.284. The van der Waals surface area contributed by atoms with Crippen molar-refractivity contribution < 1.29 is 9.47 Å². The second-order valence-corrected chi connectivity index (χ2v) is 6.86. The summed E-state index contributed by atoms with van der Waals surface area (Å²) in [5, 5.41) is 3.55. The van der Waals surface area contributed by atoms with Crippen molar-refractivity contribution in [2.24, 2.45) is 5.41 Å². The molecule has 0 aromatic heterocycles. The van der Waals surface area contributed by atoms with Gasteiger partial charge in [-0.25, -0.2) is 0 Å². The zero-order valence-electron chi connectivity index (χ0n) is 13.3. The number of hydrogen-bond acceptors (Lipinski definition) is 3. The van der Waals surface area contributed by atoms with Gasteiger partial charge in [-0.05, 0) is 52.9 Å². The van der Waals surface area contributed by atoms with Crippen LogP contribution < -0.4 is 14.8 Å². The maximum Gasteiger partial charge on any atom is 0.175 e. The fraction of sp³-hybridized carbons (Fsp3) is 0.625. The Kier molecular flexibility index (Phi) is 6.34. The molecule has 114 valence electrons. The van der Waals surface area contributed by atoms with Crippen molar-refractivity contribution in [3.63, 3.8) is 0 Å². The SMILES string of the molecule is CCOc1c(Br)cc(CNC(C)C(C)(C)C)cc1OC. The summed E-state index contributed by atoms with van der Waals surface area (Å²) in [5.74, 6) is 1.53. The van der Waals surface area contributed by atoms with E-state index in [-0.39, 0.29) is 5.41 Å². The van der Waals surface area contributed by atoms with Gasteiger partial charge in [0.1, 0.15) is 0 Å². The maximum atomic E-state index is 5.60. The molecule has 0 saturated carbocycles. The minimum Gasteiger partial charge on any atom is -0.493 e. The molecule has 3 nitrogen and oxygen atoms in total. The van der Waals surface area contributed by atoms with E-state index in [4.69, 9.17) is 9.47 Å². The summed E-state index contributed by atoms with van der Waals surface area (Å²) in [5.41, 5.74) is 1.42. The van der Waals surface area contributed by atoms with Gasteiger partial charge in [-0.3, -0.25) is 0 Å². The van der Waals surface area contributed by atoms with Crippen LogP contribution >= 0.6 is 15.9 Å². The van der Waals surface area contributed by atoms with Crippen LogP contribution in [0.25, 0.3) is 0 Å². The Balaban J connectivity index is 2.85. The van der Waals surface area contributed by atoms with Crippen LogP contribution in [0.15, 0.2) is 16.6 Å². The van der Waals surface area contributed by atoms with E-state index in [0.29, 0.717) is 12.6 Å². The molecule has 0 spiro atoms. The Bertz CT molecular complexity index is 441. The van der Waals surface area contributed by atoms with Crippen LogP contribution in [0.1, 0.15) is 40.2 Å². The van der Waals surface area contributed by atoms with Crippen molar-refractivity contribution in [2.45, 2.75) is 47.2 Å². The number of rotatable bonds is 6. The number of halogens is 1. The average molecular weight is 344 g/mol. The maximum absolute atomic E-state index is 5.60. The van der Waals surface area contributed by atoms with Gasteiger partial charge in [0.25, 0.3) is 0 Å². The lowest BCUT2D eigenvalue weighted by Gasteiger charge is -2.28. The first-order valence-electron chi connectivity index (χ1n) is 7.02. The van der Waals surface area contributed by atoms with Gasteiger partial charge in [-0.2, -0.15) is 0 Å². The Hall–Kier alpha value is -0.740. The first-order chi connectivity index (χ1) is 9.29. The molecule has 1 atom stereocenters. The van der Waals surface area contributed by atoms with E-state index in [9.17, 15) is 0 Å². The highest BCUT2D eigenvalue weighted by atomic mass is 79.9. The van der Waals surface area contributed by atoms with Crippen molar-refractivity contribution in [3.8, 4) is 11.5 Å². The summed E-state index contributed by atoms with van der Waals surface area (Å²) in [6, 6.07) is 4.53. The molecule has 0 amide bonds. The van der Waals surface area contributed by atoms with Crippen LogP contribution in [0.4, 0.5) is 0 Å². The summed E-state index contributed by atoms with van der Waals surface area (Å²) >= 11 is 3.55. The molecule has 1 N–H and O–H groups in total. The van der Waals surface area contributed by atoms with Crippen molar-refractivity contribution in [3.05, 3.63) is 22.2 Å². The smallest absolute Gasteiger partial charge is 0.175 e. The molecule has 0 aliphatic carbocycles. The van der Waals surface area contributed by atoms with Gasteiger partial charge in [0.05, 0.1) is 18.2 Å². The third-order valence-corrected chi connectivity index (χ3v) is 4.08. The first kappa shape index (κ1) is 17.3. The Morgan fingerprint density at radius 1 is 1.30 bits per heavy atom. The molecule has 0 bridgehead atoms. The number of hydrogen-bond donors (Lipinski definition) is 1. The minimum atomic E-state index is 0.243. The molecule has 4 heteroatoms. The molecule has 0 saturated heterocycles. The Labute approximate surface area is 131 Å². The molecular weight excluding hydrogens is 318 g/mol. The van der Waals surface area contributed by atoms with Gasteiger partial charge in [0, 0.05) is 12.6 Å². The topological polar surface area (TPSA) is 30.5 Å². The highest BCUT2D eigenvalue weighted by Gasteiger charge is 2.19.